The summed E-state index contributed by atoms with van der Waals surface area (Å²) in [6.07, 6.45) is 10.9. The molecule has 2 N–H and O–H groups in total. The first-order valence-electron chi connectivity index (χ1n) is 6.83. The number of nitrogens with one attached hydrogen (secondary N) is 1. The number of allylic oxidation sites excluding steroid dienone is 1. The third-order valence-corrected chi connectivity index (χ3v) is 4.19. The molecule has 0 aromatic heterocycles. The Morgan fingerprint density at radius 2 is 2.12 bits per heavy atom. The van der Waals surface area contributed by atoms with Gasteiger partial charge in [0.15, 0.2) is 0 Å². The number of hydrogen-bond acceptors (Lipinski definition) is 2. The van der Waals surface area contributed by atoms with Crippen molar-refractivity contribution in [1.29, 1.82) is 0 Å². The van der Waals surface area contributed by atoms with E-state index in [-0.39, 0.29) is 0 Å². The predicted molar refractivity (Wildman–Crippen MR) is 67.3 cm³/mol. The number of hydrogen-bond donors (Lipinski definition) is 2. The minimum atomic E-state index is 0.358. The van der Waals surface area contributed by atoms with Crippen LogP contribution in [0.5, 0.6) is 0 Å². The monoisotopic (exact) mass is 223 g/mol. The minimum absolute atomic E-state index is 0.358. The second-order valence-corrected chi connectivity index (χ2v) is 5.46. The maximum Gasteiger partial charge on any atom is 0.0474 e. The lowest BCUT2D eigenvalue weighted by Gasteiger charge is -2.26. The number of aliphatic hydroxyl groups is 1. The van der Waals surface area contributed by atoms with Crippen LogP contribution < -0.4 is 5.32 Å². The molecule has 2 aliphatic carbocycles. The van der Waals surface area contributed by atoms with Crippen molar-refractivity contribution in [2.24, 2.45) is 11.8 Å². The van der Waals surface area contributed by atoms with Gasteiger partial charge in [-0.3, -0.25) is 0 Å². The Bertz CT molecular complexity index is 225. The van der Waals surface area contributed by atoms with Gasteiger partial charge in [0.2, 0.25) is 0 Å². The van der Waals surface area contributed by atoms with Gasteiger partial charge in [-0.05, 0) is 50.4 Å². The van der Waals surface area contributed by atoms with Crippen LogP contribution in [0.25, 0.3) is 0 Å². The van der Waals surface area contributed by atoms with Gasteiger partial charge in [0.1, 0.15) is 0 Å². The van der Waals surface area contributed by atoms with E-state index in [1.807, 2.05) is 6.08 Å². The normalized spacial score (nSPS) is 31.6. The highest BCUT2D eigenvalue weighted by molar-refractivity contribution is 4.93. The lowest BCUT2D eigenvalue weighted by Crippen LogP contribution is -2.42. The Hall–Kier alpha value is -0.340. The third kappa shape index (κ3) is 3.08. The molecule has 2 nitrogen and oxygen atoms in total. The van der Waals surface area contributed by atoms with E-state index in [4.69, 9.17) is 0 Å². The largest absolute Gasteiger partial charge is 0.396 e. The molecule has 0 saturated heterocycles. The topological polar surface area (TPSA) is 32.3 Å². The first-order valence-corrected chi connectivity index (χ1v) is 6.83. The first-order chi connectivity index (χ1) is 7.85. The van der Waals surface area contributed by atoms with Crippen LogP contribution in [0, 0.1) is 11.8 Å². The van der Waals surface area contributed by atoms with Crippen molar-refractivity contribution in [2.45, 2.75) is 57.0 Å². The molecule has 92 valence electrons. The van der Waals surface area contributed by atoms with Crippen molar-refractivity contribution in [1.82, 2.24) is 5.32 Å². The fourth-order valence-corrected chi connectivity index (χ4v) is 3.00. The van der Waals surface area contributed by atoms with Crippen LogP contribution in [0.2, 0.25) is 0 Å². The molecule has 2 aliphatic rings. The molecule has 3 unspecified atom stereocenters. The molecular weight excluding hydrogens is 198 g/mol. The van der Waals surface area contributed by atoms with Crippen molar-refractivity contribution in [3.63, 3.8) is 0 Å². The average Bonchev–Trinajstić information content (AvgIpc) is 3.05. The van der Waals surface area contributed by atoms with Gasteiger partial charge < -0.3 is 10.4 Å². The molecule has 2 rings (SSSR count). The second kappa shape index (κ2) is 5.83. The van der Waals surface area contributed by atoms with E-state index in [2.05, 4.69) is 11.9 Å². The van der Waals surface area contributed by atoms with E-state index in [0.29, 0.717) is 24.6 Å². The highest BCUT2D eigenvalue weighted by atomic mass is 16.3. The zero-order valence-electron chi connectivity index (χ0n) is 10.2. The molecule has 0 aromatic carbocycles. The van der Waals surface area contributed by atoms with Crippen LogP contribution in [0.3, 0.4) is 0 Å². The maximum absolute atomic E-state index is 9.32. The molecule has 0 aliphatic heterocycles. The Labute approximate surface area is 99.1 Å². The van der Waals surface area contributed by atoms with E-state index >= 15 is 0 Å². The van der Waals surface area contributed by atoms with Crippen molar-refractivity contribution >= 4 is 0 Å². The van der Waals surface area contributed by atoms with Crippen molar-refractivity contribution in [3.05, 3.63) is 12.7 Å². The van der Waals surface area contributed by atoms with E-state index in [1.54, 1.807) is 0 Å². The molecule has 2 heteroatoms. The van der Waals surface area contributed by atoms with Gasteiger partial charge in [0.05, 0.1) is 0 Å². The summed E-state index contributed by atoms with van der Waals surface area (Å²) in [5.41, 5.74) is 0. The van der Waals surface area contributed by atoms with Gasteiger partial charge in [-0.25, -0.2) is 0 Å². The molecule has 0 heterocycles. The summed E-state index contributed by atoms with van der Waals surface area (Å²) in [7, 11) is 0. The van der Waals surface area contributed by atoms with Gasteiger partial charge in [0.25, 0.3) is 0 Å². The molecule has 0 amide bonds. The molecule has 16 heavy (non-hydrogen) atoms. The lowest BCUT2D eigenvalue weighted by molar-refractivity contribution is 0.195. The quantitative estimate of drug-likeness (QED) is 0.650. The molecule has 0 spiro atoms. The zero-order chi connectivity index (χ0) is 11.4. The average molecular weight is 223 g/mol. The summed E-state index contributed by atoms with van der Waals surface area (Å²) >= 11 is 0. The van der Waals surface area contributed by atoms with Crippen LogP contribution in [0.15, 0.2) is 12.7 Å². The van der Waals surface area contributed by atoms with Gasteiger partial charge in [-0.1, -0.05) is 12.5 Å². The lowest BCUT2D eigenvalue weighted by atomic mass is 10.0. The summed E-state index contributed by atoms with van der Waals surface area (Å²) < 4.78 is 0. The number of rotatable bonds is 7. The van der Waals surface area contributed by atoms with Crippen molar-refractivity contribution in [3.8, 4) is 0 Å². The Morgan fingerprint density at radius 1 is 1.31 bits per heavy atom. The van der Waals surface area contributed by atoms with Crippen LogP contribution >= 0.6 is 0 Å². The molecule has 0 radical (unpaired) electrons. The van der Waals surface area contributed by atoms with E-state index in [0.717, 1.165) is 12.3 Å². The van der Waals surface area contributed by atoms with Crippen LogP contribution in [-0.4, -0.2) is 23.8 Å². The standard InChI is InChI=1S/C14H25NO/c1-2-3-6-13(11-8-9-11)15-14-7-4-5-12(14)10-16/h2,11-16H,1,3-10H2. The highest BCUT2D eigenvalue weighted by Crippen LogP contribution is 2.36. The first kappa shape index (κ1) is 12.1. The zero-order valence-corrected chi connectivity index (χ0v) is 10.2. The third-order valence-electron chi connectivity index (χ3n) is 4.19. The highest BCUT2D eigenvalue weighted by Gasteiger charge is 2.35. The summed E-state index contributed by atoms with van der Waals surface area (Å²) in [6, 6.07) is 1.25. The summed E-state index contributed by atoms with van der Waals surface area (Å²) in [6.45, 7) is 4.17. The van der Waals surface area contributed by atoms with E-state index < -0.39 is 0 Å². The SMILES string of the molecule is C=CCCC(NC1CCCC1CO)C1CC1. The molecule has 2 fully saturated rings. The summed E-state index contributed by atoms with van der Waals surface area (Å²) in [5.74, 6) is 1.41. The Kier molecular flexibility index (Phi) is 4.42. The van der Waals surface area contributed by atoms with Crippen LogP contribution in [0.1, 0.15) is 44.9 Å². The van der Waals surface area contributed by atoms with E-state index in [9.17, 15) is 5.11 Å². The Morgan fingerprint density at radius 3 is 2.75 bits per heavy atom. The minimum Gasteiger partial charge on any atom is -0.396 e. The molecule has 0 bridgehead atoms. The molecular formula is C14H25NO. The van der Waals surface area contributed by atoms with Crippen molar-refractivity contribution in [2.75, 3.05) is 6.61 Å². The molecule has 3 atom stereocenters. The van der Waals surface area contributed by atoms with Crippen LogP contribution in [0.4, 0.5) is 0 Å². The fourth-order valence-electron chi connectivity index (χ4n) is 3.00. The van der Waals surface area contributed by atoms with Crippen molar-refractivity contribution < 1.29 is 5.11 Å². The second-order valence-electron chi connectivity index (χ2n) is 5.46. The summed E-state index contributed by atoms with van der Waals surface area (Å²) in [5, 5.41) is 13.1. The fraction of sp³-hybridized carbons (Fsp3) is 0.857. The maximum atomic E-state index is 9.32. The van der Waals surface area contributed by atoms with Crippen LogP contribution in [-0.2, 0) is 0 Å². The smallest absolute Gasteiger partial charge is 0.0474 e. The molecule has 2 saturated carbocycles. The van der Waals surface area contributed by atoms with Gasteiger partial charge >= 0.3 is 0 Å². The number of aliphatic hydroxyl groups excluding tert-OH is 1. The van der Waals surface area contributed by atoms with Gasteiger partial charge in [-0.2, -0.15) is 0 Å². The van der Waals surface area contributed by atoms with Gasteiger partial charge in [0, 0.05) is 18.7 Å². The predicted octanol–water partition coefficient (Wildman–Crippen LogP) is 2.48. The van der Waals surface area contributed by atoms with Gasteiger partial charge in [-0.15, -0.1) is 6.58 Å². The molecule has 0 aromatic rings. The Balaban J connectivity index is 1.81. The summed E-state index contributed by atoms with van der Waals surface area (Å²) in [4.78, 5) is 0. The van der Waals surface area contributed by atoms with E-state index in [1.165, 1.54) is 38.5 Å².